The Labute approximate surface area is 129 Å². The van der Waals surface area contributed by atoms with Gasteiger partial charge in [-0.2, -0.15) is 0 Å². The van der Waals surface area contributed by atoms with Crippen molar-refractivity contribution in [3.05, 3.63) is 29.3 Å². The molecule has 1 rings (SSSR count). The van der Waals surface area contributed by atoms with Crippen molar-refractivity contribution in [2.45, 2.75) is 25.2 Å². The fraction of sp³-hybridized carbons (Fsp3) is 0.385. The Bertz CT molecular complexity index is 642. The number of carbonyl (C=O) groups is 1. The molecule has 0 fully saturated rings. The van der Waals surface area contributed by atoms with Crippen molar-refractivity contribution in [2.24, 2.45) is 5.73 Å². The van der Waals surface area contributed by atoms with Crippen LogP contribution in [0.1, 0.15) is 24.5 Å². The van der Waals surface area contributed by atoms with Crippen LogP contribution in [0, 0.1) is 6.92 Å². The minimum Gasteiger partial charge on any atom is -0.466 e. The molecule has 0 heterocycles. The van der Waals surface area contributed by atoms with E-state index in [-0.39, 0.29) is 29.5 Å². The van der Waals surface area contributed by atoms with Gasteiger partial charge in [-0.3, -0.25) is 4.79 Å². The SMILES string of the molecule is CCOC(=O)CCNS(=O)(=O)c1cc(C(N)=S)ccc1C. The maximum atomic E-state index is 12.2. The third-order valence-electron chi connectivity index (χ3n) is 2.69. The van der Waals surface area contributed by atoms with E-state index in [9.17, 15) is 13.2 Å². The number of aryl methyl sites for hydroxylation is 1. The zero-order valence-corrected chi connectivity index (χ0v) is 13.5. The van der Waals surface area contributed by atoms with Crippen LogP contribution >= 0.6 is 12.2 Å². The summed E-state index contributed by atoms with van der Waals surface area (Å²) < 4.78 is 31.5. The van der Waals surface area contributed by atoms with E-state index in [1.165, 1.54) is 6.07 Å². The number of sulfonamides is 1. The molecule has 1 aromatic carbocycles. The number of ether oxygens (including phenoxy) is 1. The second-order valence-corrected chi connectivity index (χ2v) is 6.47. The quantitative estimate of drug-likeness (QED) is 0.568. The van der Waals surface area contributed by atoms with Gasteiger partial charge in [0.1, 0.15) is 4.99 Å². The van der Waals surface area contributed by atoms with Crippen molar-refractivity contribution in [3.8, 4) is 0 Å². The largest absolute Gasteiger partial charge is 0.466 e. The van der Waals surface area contributed by atoms with Crippen molar-refractivity contribution in [3.63, 3.8) is 0 Å². The van der Waals surface area contributed by atoms with Crippen LogP contribution in [-0.2, 0) is 19.6 Å². The maximum Gasteiger partial charge on any atom is 0.307 e. The molecule has 0 aliphatic heterocycles. The number of hydrogen-bond donors (Lipinski definition) is 2. The first-order chi connectivity index (χ1) is 9.77. The molecule has 0 saturated heterocycles. The van der Waals surface area contributed by atoms with Gasteiger partial charge in [-0.05, 0) is 25.5 Å². The van der Waals surface area contributed by atoms with Crippen molar-refractivity contribution in [1.82, 2.24) is 4.72 Å². The van der Waals surface area contributed by atoms with E-state index in [0.717, 1.165) is 0 Å². The molecular weight excluding hydrogens is 312 g/mol. The van der Waals surface area contributed by atoms with Crippen molar-refractivity contribution in [2.75, 3.05) is 13.2 Å². The number of hydrogen-bond acceptors (Lipinski definition) is 5. The highest BCUT2D eigenvalue weighted by molar-refractivity contribution is 7.89. The lowest BCUT2D eigenvalue weighted by molar-refractivity contribution is -0.142. The molecule has 3 N–H and O–H groups in total. The van der Waals surface area contributed by atoms with Gasteiger partial charge in [0.05, 0.1) is 17.9 Å². The predicted octanol–water partition coefficient (Wildman–Crippen LogP) is 0.861. The van der Waals surface area contributed by atoms with Gasteiger partial charge < -0.3 is 10.5 Å². The highest BCUT2D eigenvalue weighted by Crippen LogP contribution is 2.17. The Hall–Kier alpha value is -1.51. The van der Waals surface area contributed by atoms with E-state index in [1.54, 1.807) is 26.0 Å². The molecule has 21 heavy (non-hydrogen) atoms. The van der Waals surface area contributed by atoms with E-state index in [0.29, 0.717) is 11.1 Å². The Morgan fingerprint density at radius 3 is 2.67 bits per heavy atom. The first-order valence-corrected chi connectivity index (χ1v) is 8.22. The van der Waals surface area contributed by atoms with Crippen LogP contribution in [0.5, 0.6) is 0 Å². The minimum atomic E-state index is -3.73. The normalized spacial score (nSPS) is 11.1. The summed E-state index contributed by atoms with van der Waals surface area (Å²) in [5, 5.41) is 0. The molecule has 1 aromatic rings. The van der Waals surface area contributed by atoms with E-state index < -0.39 is 16.0 Å². The fourth-order valence-electron chi connectivity index (χ4n) is 1.64. The van der Waals surface area contributed by atoms with Gasteiger partial charge in [0.15, 0.2) is 0 Å². The Balaban J connectivity index is 2.85. The zero-order valence-electron chi connectivity index (χ0n) is 11.9. The van der Waals surface area contributed by atoms with Crippen LogP contribution in [0.3, 0.4) is 0 Å². The van der Waals surface area contributed by atoms with E-state index in [4.69, 9.17) is 22.7 Å². The summed E-state index contributed by atoms with van der Waals surface area (Å²) in [5.41, 5.74) is 6.55. The van der Waals surface area contributed by atoms with Crippen molar-refractivity contribution >= 4 is 33.2 Å². The Kier molecular flexibility index (Phi) is 6.25. The number of thiocarbonyl (C=S) groups is 1. The maximum absolute atomic E-state index is 12.2. The lowest BCUT2D eigenvalue weighted by atomic mass is 10.1. The minimum absolute atomic E-state index is 0.0267. The van der Waals surface area contributed by atoms with Gasteiger partial charge in [0, 0.05) is 12.1 Å². The molecule has 0 aromatic heterocycles. The van der Waals surface area contributed by atoms with Gasteiger partial charge >= 0.3 is 5.97 Å². The molecular formula is C13H18N2O4S2. The van der Waals surface area contributed by atoms with Gasteiger partial charge in [-0.15, -0.1) is 0 Å². The molecule has 0 spiro atoms. The second kappa shape index (κ2) is 7.48. The molecule has 0 atom stereocenters. The van der Waals surface area contributed by atoms with Crippen LogP contribution in [0.25, 0.3) is 0 Å². The predicted molar refractivity (Wildman–Crippen MR) is 83.5 cm³/mol. The van der Waals surface area contributed by atoms with E-state index in [2.05, 4.69) is 4.72 Å². The van der Waals surface area contributed by atoms with Crippen LogP contribution in [-0.4, -0.2) is 32.5 Å². The second-order valence-electron chi connectivity index (χ2n) is 4.30. The van der Waals surface area contributed by atoms with Crippen LogP contribution in [0.15, 0.2) is 23.1 Å². The summed E-state index contributed by atoms with van der Waals surface area (Å²) in [7, 11) is -3.73. The number of carbonyl (C=O) groups excluding carboxylic acids is 1. The molecule has 0 amide bonds. The number of rotatable bonds is 7. The van der Waals surface area contributed by atoms with Gasteiger partial charge in [0.2, 0.25) is 10.0 Å². The third-order valence-corrected chi connectivity index (χ3v) is 4.53. The van der Waals surface area contributed by atoms with E-state index in [1.807, 2.05) is 0 Å². The summed E-state index contributed by atoms with van der Waals surface area (Å²) in [6.45, 7) is 3.59. The van der Waals surface area contributed by atoms with Crippen molar-refractivity contribution in [1.29, 1.82) is 0 Å². The van der Waals surface area contributed by atoms with Crippen LogP contribution in [0.4, 0.5) is 0 Å². The summed E-state index contributed by atoms with van der Waals surface area (Å²) in [6.07, 6.45) is -0.0267. The van der Waals surface area contributed by atoms with Crippen LogP contribution < -0.4 is 10.5 Å². The van der Waals surface area contributed by atoms with Crippen molar-refractivity contribution < 1.29 is 17.9 Å². The molecule has 6 nitrogen and oxygen atoms in total. The summed E-state index contributed by atoms with van der Waals surface area (Å²) >= 11 is 4.84. The number of benzene rings is 1. The zero-order chi connectivity index (χ0) is 16.0. The molecule has 0 aliphatic carbocycles. The monoisotopic (exact) mass is 330 g/mol. The molecule has 0 unspecified atom stereocenters. The Morgan fingerprint density at radius 1 is 1.43 bits per heavy atom. The van der Waals surface area contributed by atoms with Gasteiger partial charge in [-0.1, -0.05) is 24.4 Å². The summed E-state index contributed by atoms with van der Waals surface area (Å²) in [4.78, 5) is 11.4. The highest BCUT2D eigenvalue weighted by atomic mass is 32.2. The molecule has 0 aliphatic rings. The number of nitrogens with two attached hydrogens (primary N) is 1. The average molecular weight is 330 g/mol. The number of esters is 1. The van der Waals surface area contributed by atoms with E-state index >= 15 is 0 Å². The molecule has 116 valence electrons. The van der Waals surface area contributed by atoms with Gasteiger partial charge in [0.25, 0.3) is 0 Å². The first kappa shape index (κ1) is 17.5. The van der Waals surface area contributed by atoms with Gasteiger partial charge in [-0.25, -0.2) is 13.1 Å². The summed E-state index contributed by atoms with van der Waals surface area (Å²) in [5.74, 6) is -0.450. The molecule has 0 bridgehead atoms. The lowest BCUT2D eigenvalue weighted by Gasteiger charge is -2.10. The third kappa shape index (κ3) is 5.07. The first-order valence-electron chi connectivity index (χ1n) is 6.33. The Morgan fingerprint density at radius 2 is 2.10 bits per heavy atom. The number of nitrogens with one attached hydrogen (secondary N) is 1. The topological polar surface area (TPSA) is 98.5 Å². The van der Waals surface area contributed by atoms with Crippen LogP contribution in [0.2, 0.25) is 0 Å². The smallest absolute Gasteiger partial charge is 0.307 e. The fourth-order valence-corrected chi connectivity index (χ4v) is 3.07. The standard InChI is InChI=1S/C13H18N2O4S2/c1-3-19-12(16)6-7-15-21(17,18)11-8-10(13(14)20)5-4-9(11)2/h4-5,8,15H,3,6-7H2,1-2H3,(H2,14,20). The molecule has 0 radical (unpaired) electrons. The average Bonchev–Trinajstić information content (AvgIpc) is 2.38. The molecule has 0 saturated carbocycles. The molecule has 8 heteroatoms. The highest BCUT2D eigenvalue weighted by Gasteiger charge is 2.18. The lowest BCUT2D eigenvalue weighted by Crippen LogP contribution is -2.27. The summed E-state index contributed by atoms with van der Waals surface area (Å²) in [6, 6.07) is 4.72.